The van der Waals surface area contributed by atoms with Crippen LogP contribution >= 0.6 is 34.8 Å². The van der Waals surface area contributed by atoms with E-state index in [-0.39, 0.29) is 13.0 Å². The number of benzene rings is 3. The molecule has 0 saturated carbocycles. The highest BCUT2D eigenvalue weighted by molar-refractivity contribution is 6.35. The summed E-state index contributed by atoms with van der Waals surface area (Å²) in [6.07, 6.45) is 1.01. The van der Waals surface area contributed by atoms with Crippen LogP contribution in [0.25, 0.3) is 0 Å². The summed E-state index contributed by atoms with van der Waals surface area (Å²) >= 11 is 18.2. The Kier molecular flexibility index (Phi) is 8.72. The summed E-state index contributed by atoms with van der Waals surface area (Å²) in [7, 11) is 0. The summed E-state index contributed by atoms with van der Waals surface area (Å²) in [4.78, 5) is 24.1. The number of ether oxygens (including phenoxy) is 1. The van der Waals surface area contributed by atoms with Crippen molar-refractivity contribution in [2.45, 2.75) is 20.0 Å². The van der Waals surface area contributed by atoms with Gasteiger partial charge in [0.15, 0.2) is 0 Å². The second kappa shape index (κ2) is 11.7. The minimum atomic E-state index is -0.562. The van der Waals surface area contributed by atoms with E-state index in [1.54, 1.807) is 48.5 Å². The number of carbonyl (C=O) groups is 2. The molecule has 0 bridgehead atoms. The van der Waals surface area contributed by atoms with Crippen LogP contribution in [-0.2, 0) is 16.2 Å². The van der Waals surface area contributed by atoms with Gasteiger partial charge in [0, 0.05) is 31.9 Å². The van der Waals surface area contributed by atoms with Gasteiger partial charge in [0.1, 0.15) is 18.8 Å². The SMILES string of the molecule is Cc1ccc(NC(=O)CC(=O)NN=Cc2cc(Cl)ccc2OCc2ccc(Cl)cc2Cl)cc1. The standard InChI is InChI=1S/C24H20Cl3N3O3/c1-15-2-7-20(8-3-15)29-23(31)12-24(32)30-28-13-17-10-18(25)6-9-22(17)33-14-16-4-5-19(26)11-21(16)27/h2-11,13H,12,14H2,1H3,(H,29,31)(H,30,32). The molecule has 6 nitrogen and oxygen atoms in total. The van der Waals surface area contributed by atoms with Crippen molar-refractivity contribution in [3.8, 4) is 5.75 Å². The minimum absolute atomic E-state index is 0.198. The van der Waals surface area contributed by atoms with Crippen molar-refractivity contribution in [1.29, 1.82) is 0 Å². The van der Waals surface area contributed by atoms with E-state index in [9.17, 15) is 9.59 Å². The predicted molar refractivity (Wildman–Crippen MR) is 132 cm³/mol. The molecule has 0 radical (unpaired) electrons. The van der Waals surface area contributed by atoms with Crippen molar-refractivity contribution < 1.29 is 14.3 Å². The first-order chi connectivity index (χ1) is 15.8. The number of anilines is 1. The van der Waals surface area contributed by atoms with Crippen LogP contribution < -0.4 is 15.5 Å². The molecule has 0 fully saturated rings. The Bertz CT molecular complexity index is 1180. The maximum Gasteiger partial charge on any atom is 0.249 e. The summed E-state index contributed by atoms with van der Waals surface area (Å²) in [6.45, 7) is 2.14. The van der Waals surface area contributed by atoms with Gasteiger partial charge in [-0.2, -0.15) is 5.10 Å². The number of nitrogens with zero attached hydrogens (tertiary/aromatic N) is 1. The summed E-state index contributed by atoms with van der Waals surface area (Å²) in [6, 6.07) is 17.4. The van der Waals surface area contributed by atoms with E-state index in [1.807, 2.05) is 19.1 Å². The van der Waals surface area contributed by atoms with E-state index in [2.05, 4.69) is 15.8 Å². The molecule has 2 amide bonds. The average molecular weight is 505 g/mol. The average Bonchev–Trinajstić information content (AvgIpc) is 2.76. The number of hydrazone groups is 1. The summed E-state index contributed by atoms with van der Waals surface area (Å²) < 4.78 is 5.84. The molecule has 0 spiro atoms. The van der Waals surface area contributed by atoms with Crippen molar-refractivity contribution in [1.82, 2.24) is 5.43 Å². The van der Waals surface area contributed by atoms with Crippen LogP contribution in [0.4, 0.5) is 5.69 Å². The fraction of sp³-hybridized carbons (Fsp3) is 0.125. The topological polar surface area (TPSA) is 79.8 Å². The van der Waals surface area contributed by atoms with Gasteiger partial charge in [-0.1, -0.05) is 58.6 Å². The fourth-order valence-electron chi connectivity index (χ4n) is 2.75. The maximum atomic E-state index is 12.0. The number of amides is 2. The molecule has 2 N–H and O–H groups in total. The van der Waals surface area contributed by atoms with E-state index >= 15 is 0 Å². The van der Waals surface area contributed by atoms with Gasteiger partial charge in [0.25, 0.3) is 0 Å². The normalized spacial score (nSPS) is 10.8. The number of aryl methyl sites for hydroxylation is 1. The van der Waals surface area contributed by atoms with Gasteiger partial charge in [-0.15, -0.1) is 0 Å². The van der Waals surface area contributed by atoms with E-state index in [1.165, 1.54) is 6.21 Å². The third-order valence-corrected chi connectivity index (χ3v) is 5.24. The number of carbonyl (C=O) groups excluding carboxylic acids is 2. The summed E-state index contributed by atoms with van der Waals surface area (Å²) in [5.74, 6) is -0.521. The second-order valence-electron chi connectivity index (χ2n) is 7.09. The quantitative estimate of drug-likeness (QED) is 0.224. The third-order valence-electron chi connectivity index (χ3n) is 4.42. The molecule has 0 aromatic heterocycles. The highest BCUT2D eigenvalue weighted by atomic mass is 35.5. The van der Waals surface area contributed by atoms with E-state index in [0.717, 1.165) is 11.1 Å². The molecule has 0 aliphatic carbocycles. The molecule has 3 aromatic rings. The van der Waals surface area contributed by atoms with Gasteiger partial charge in [-0.25, -0.2) is 5.43 Å². The van der Waals surface area contributed by atoms with Crippen LogP contribution in [0, 0.1) is 6.92 Å². The molecule has 0 atom stereocenters. The smallest absolute Gasteiger partial charge is 0.249 e. The van der Waals surface area contributed by atoms with Crippen molar-refractivity contribution >= 4 is 58.5 Å². The lowest BCUT2D eigenvalue weighted by molar-refractivity contribution is -0.126. The van der Waals surface area contributed by atoms with Crippen LogP contribution in [-0.4, -0.2) is 18.0 Å². The number of hydrogen-bond acceptors (Lipinski definition) is 4. The minimum Gasteiger partial charge on any atom is -0.488 e. The molecule has 0 heterocycles. The number of halogens is 3. The molecule has 3 aromatic carbocycles. The first kappa shape index (κ1) is 24.6. The highest BCUT2D eigenvalue weighted by Gasteiger charge is 2.10. The zero-order valence-corrected chi connectivity index (χ0v) is 19.8. The van der Waals surface area contributed by atoms with Gasteiger partial charge in [0.2, 0.25) is 11.8 Å². The Morgan fingerprint density at radius 1 is 0.939 bits per heavy atom. The Morgan fingerprint density at radius 2 is 1.64 bits per heavy atom. The van der Waals surface area contributed by atoms with Gasteiger partial charge in [-0.05, 0) is 49.4 Å². The molecule has 0 aliphatic heterocycles. The van der Waals surface area contributed by atoms with Crippen LogP contribution in [0.2, 0.25) is 15.1 Å². The van der Waals surface area contributed by atoms with Crippen LogP contribution in [0.15, 0.2) is 65.8 Å². The van der Waals surface area contributed by atoms with Crippen molar-refractivity contribution in [2.24, 2.45) is 5.10 Å². The molecule has 3 rings (SSSR count). The van der Waals surface area contributed by atoms with Crippen molar-refractivity contribution in [2.75, 3.05) is 5.32 Å². The Balaban J connectivity index is 1.57. The number of hydrogen-bond donors (Lipinski definition) is 2. The Morgan fingerprint density at radius 3 is 2.36 bits per heavy atom. The molecule has 170 valence electrons. The lowest BCUT2D eigenvalue weighted by Crippen LogP contribution is -2.24. The zero-order valence-electron chi connectivity index (χ0n) is 17.6. The highest BCUT2D eigenvalue weighted by Crippen LogP contribution is 2.25. The van der Waals surface area contributed by atoms with Crippen LogP contribution in [0.3, 0.4) is 0 Å². The van der Waals surface area contributed by atoms with Crippen molar-refractivity contribution in [3.63, 3.8) is 0 Å². The van der Waals surface area contributed by atoms with Gasteiger partial charge in [0.05, 0.1) is 6.21 Å². The van der Waals surface area contributed by atoms with E-state index < -0.39 is 11.8 Å². The first-order valence-electron chi connectivity index (χ1n) is 9.85. The van der Waals surface area contributed by atoms with Gasteiger partial charge >= 0.3 is 0 Å². The third kappa shape index (κ3) is 7.79. The largest absolute Gasteiger partial charge is 0.488 e. The molecular weight excluding hydrogens is 485 g/mol. The number of nitrogens with one attached hydrogen (secondary N) is 2. The maximum absolute atomic E-state index is 12.0. The Labute approximate surface area is 206 Å². The predicted octanol–water partition coefficient (Wildman–Crippen LogP) is 6.01. The van der Waals surface area contributed by atoms with Gasteiger partial charge < -0.3 is 10.1 Å². The lowest BCUT2D eigenvalue weighted by Gasteiger charge is -2.11. The Hall–Kier alpha value is -3.06. The number of rotatable bonds is 8. The molecule has 0 unspecified atom stereocenters. The van der Waals surface area contributed by atoms with E-state index in [0.29, 0.717) is 32.1 Å². The lowest BCUT2D eigenvalue weighted by atomic mass is 10.2. The zero-order chi connectivity index (χ0) is 23.8. The van der Waals surface area contributed by atoms with Crippen LogP contribution in [0.5, 0.6) is 5.75 Å². The van der Waals surface area contributed by atoms with Crippen LogP contribution in [0.1, 0.15) is 23.1 Å². The summed E-state index contributed by atoms with van der Waals surface area (Å²) in [5, 5.41) is 8.06. The second-order valence-corrected chi connectivity index (χ2v) is 8.37. The molecule has 33 heavy (non-hydrogen) atoms. The molecular formula is C24H20Cl3N3O3. The molecule has 0 aliphatic rings. The van der Waals surface area contributed by atoms with E-state index in [4.69, 9.17) is 39.5 Å². The van der Waals surface area contributed by atoms with Crippen molar-refractivity contribution in [3.05, 3.63) is 92.4 Å². The monoisotopic (exact) mass is 503 g/mol. The first-order valence-corrected chi connectivity index (χ1v) is 11.0. The summed E-state index contributed by atoms with van der Waals surface area (Å²) in [5.41, 5.74) is 5.31. The molecule has 9 heteroatoms. The molecule has 0 saturated heterocycles. The van der Waals surface area contributed by atoms with Gasteiger partial charge in [-0.3, -0.25) is 9.59 Å². The fourth-order valence-corrected chi connectivity index (χ4v) is 3.39.